The second-order valence-electron chi connectivity index (χ2n) is 14.1. The standard InChI is InChI=1S/C38H50O6/c1-23(2)11-10-12-26(7)13-15-28-22-37(19-17-24(3)4)33(42)31(32(41)27-14-16-29(39)30(40)21-27)34(43)38(35(37)44,36(28,8)9)20-18-25(5)6/h11,13-14,16-18,21,28,39-41H,10,12,15,19-20,22H2,1-9H3/b26-13+,32-31?/t28-,37+,38-/m1/s1. The van der Waals surface area contributed by atoms with Crippen LogP contribution in [-0.2, 0) is 14.4 Å². The Hall–Kier alpha value is -3.67. The third-order valence-corrected chi connectivity index (χ3v) is 9.82. The molecule has 6 heteroatoms. The molecule has 0 radical (unpaired) electrons. The van der Waals surface area contributed by atoms with Gasteiger partial charge in [-0.25, -0.2) is 0 Å². The van der Waals surface area contributed by atoms with E-state index in [-0.39, 0.29) is 36.5 Å². The van der Waals surface area contributed by atoms with Gasteiger partial charge in [0.15, 0.2) is 28.8 Å². The van der Waals surface area contributed by atoms with E-state index in [1.807, 2.05) is 53.7 Å². The first-order valence-electron chi connectivity index (χ1n) is 15.6. The molecule has 6 nitrogen and oxygen atoms in total. The summed E-state index contributed by atoms with van der Waals surface area (Å²) in [6.07, 6.45) is 11.1. The van der Waals surface area contributed by atoms with Crippen LogP contribution in [0, 0.1) is 22.2 Å². The number of rotatable bonds is 10. The Labute approximate surface area is 263 Å². The number of phenolic OH excluding ortho intramolecular Hbond substituents is 2. The van der Waals surface area contributed by atoms with Crippen molar-refractivity contribution in [3.05, 3.63) is 75.9 Å². The maximum atomic E-state index is 14.9. The van der Waals surface area contributed by atoms with Crippen LogP contribution in [0.15, 0.2) is 70.4 Å². The van der Waals surface area contributed by atoms with E-state index in [1.54, 1.807) is 0 Å². The number of fused-ring (bicyclic) bond motifs is 2. The van der Waals surface area contributed by atoms with Crippen molar-refractivity contribution >= 4 is 23.1 Å². The van der Waals surface area contributed by atoms with Gasteiger partial charge in [-0.15, -0.1) is 0 Å². The molecule has 0 unspecified atom stereocenters. The second-order valence-corrected chi connectivity index (χ2v) is 14.1. The van der Waals surface area contributed by atoms with Gasteiger partial charge in [0.2, 0.25) is 0 Å². The van der Waals surface area contributed by atoms with Gasteiger partial charge in [-0.2, -0.15) is 0 Å². The highest BCUT2D eigenvalue weighted by molar-refractivity contribution is 6.41. The second kappa shape index (κ2) is 13.1. The summed E-state index contributed by atoms with van der Waals surface area (Å²) >= 11 is 0. The monoisotopic (exact) mass is 602 g/mol. The zero-order chi connectivity index (χ0) is 33.2. The number of allylic oxidation sites excluding steroid dienone is 9. The van der Waals surface area contributed by atoms with Crippen molar-refractivity contribution < 1.29 is 29.7 Å². The zero-order valence-corrected chi connectivity index (χ0v) is 27.9. The number of phenols is 2. The summed E-state index contributed by atoms with van der Waals surface area (Å²) in [7, 11) is 0. The third-order valence-electron chi connectivity index (χ3n) is 9.82. The molecule has 44 heavy (non-hydrogen) atoms. The van der Waals surface area contributed by atoms with E-state index in [0.717, 1.165) is 30.1 Å². The molecule has 2 bridgehead atoms. The van der Waals surface area contributed by atoms with Crippen LogP contribution in [0.2, 0.25) is 0 Å². The molecule has 1 aromatic carbocycles. The summed E-state index contributed by atoms with van der Waals surface area (Å²) in [5, 5.41) is 31.5. The highest BCUT2D eigenvalue weighted by Gasteiger charge is 2.73. The lowest BCUT2D eigenvalue weighted by Gasteiger charge is -2.60. The van der Waals surface area contributed by atoms with E-state index < -0.39 is 50.6 Å². The summed E-state index contributed by atoms with van der Waals surface area (Å²) in [5.74, 6) is -3.36. The van der Waals surface area contributed by atoms with Crippen molar-refractivity contribution in [2.75, 3.05) is 0 Å². The van der Waals surface area contributed by atoms with Crippen LogP contribution < -0.4 is 0 Å². The topological polar surface area (TPSA) is 112 Å². The molecule has 2 aliphatic rings. The number of carbonyl (C=O) groups is 3. The fraction of sp³-hybridized carbons (Fsp3) is 0.500. The Bertz CT molecular complexity index is 1480. The minimum atomic E-state index is -1.59. The first-order valence-corrected chi connectivity index (χ1v) is 15.6. The third kappa shape index (κ3) is 6.27. The van der Waals surface area contributed by atoms with E-state index >= 15 is 0 Å². The van der Waals surface area contributed by atoms with Crippen molar-refractivity contribution in [3.63, 3.8) is 0 Å². The molecule has 3 rings (SSSR count). The lowest BCUT2D eigenvalue weighted by Crippen LogP contribution is -2.69. The van der Waals surface area contributed by atoms with Crippen molar-refractivity contribution in [1.29, 1.82) is 0 Å². The Balaban J connectivity index is 2.32. The van der Waals surface area contributed by atoms with Gasteiger partial charge in [0.05, 0.1) is 5.41 Å². The molecule has 0 saturated heterocycles. The smallest absolute Gasteiger partial charge is 0.184 e. The van der Waals surface area contributed by atoms with Gasteiger partial charge >= 0.3 is 0 Å². The molecule has 2 saturated carbocycles. The van der Waals surface area contributed by atoms with Gasteiger partial charge in [0.25, 0.3) is 0 Å². The van der Waals surface area contributed by atoms with E-state index in [2.05, 4.69) is 32.9 Å². The number of benzene rings is 1. The largest absolute Gasteiger partial charge is 0.506 e. The van der Waals surface area contributed by atoms with Crippen LogP contribution in [0.1, 0.15) is 106 Å². The van der Waals surface area contributed by atoms with Gasteiger partial charge in [-0.1, -0.05) is 60.4 Å². The summed E-state index contributed by atoms with van der Waals surface area (Å²) in [5.41, 5.74) is 0.00501. The van der Waals surface area contributed by atoms with Gasteiger partial charge in [0.1, 0.15) is 16.7 Å². The molecule has 238 valence electrons. The Morgan fingerprint density at radius 2 is 1.41 bits per heavy atom. The predicted octanol–water partition coefficient (Wildman–Crippen LogP) is 8.90. The van der Waals surface area contributed by atoms with E-state index in [9.17, 15) is 29.7 Å². The molecule has 3 atom stereocenters. The lowest BCUT2D eigenvalue weighted by molar-refractivity contribution is -0.176. The maximum Gasteiger partial charge on any atom is 0.184 e. The van der Waals surface area contributed by atoms with Crippen LogP contribution in [0.4, 0.5) is 0 Å². The van der Waals surface area contributed by atoms with Crippen molar-refractivity contribution in [2.24, 2.45) is 22.2 Å². The maximum absolute atomic E-state index is 14.9. The fourth-order valence-electron chi connectivity index (χ4n) is 6.86. The molecule has 0 aromatic heterocycles. The van der Waals surface area contributed by atoms with Gasteiger partial charge in [-0.3, -0.25) is 14.4 Å². The zero-order valence-electron chi connectivity index (χ0n) is 27.9. The molecule has 2 aliphatic carbocycles. The van der Waals surface area contributed by atoms with Crippen molar-refractivity contribution in [3.8, 4) is 11.5 Å². The lowest BCUT2D eigenvalue weighted by atomic mass is 9.38. The Morgan fingerprint density at radius 1 is 0.818 bits per heavy atom. The molecular formula is C38H50O6. The average molecular weight is 603 g/mol. The number of aromatic hydroxyl groups is 2. The number of aliphatic hydroxyl groups is 1. The fourth-order valence-corrected chi connectivity index (χ4v) is 6.86. The highest BCUT2D eigenvalue weighted by atomic mass is 16.3. The summed E-state index contributed by atoms with van der Waals surface area (Å²) in [6, 6.07) is 3.65. The molecule has 0 aliphatic heterocycles. The van der Waals surface area contributed by atoms with Gasteiger partial charge in [-0.05, 0) is 117 Å². The predicted molar refractivity (Wildman–Crippen MR) is 176 cm³/mol. The van der Waals surface area contributed by atoms with E-state index in [1.165, 1.54) is 23.3 Å². The van der Waals surface area contributed by atoms with Crippen molar-refractivity contribution in [1.82, 2.24) is 0 Å². The van der Waals surface area contributed by atoms with Gasteiger partial charge < -0.3 is 15.3 Å². The first-order chi connectivity index (χ1) is 20.4. The van der Waals surface area contributed by atoms with Crippen LogP contribution in [0.5, 0.6) is 11.5 Å². The minimum Gasteiger partial charge on any atom is -0.506 e. The van der Waals surface area contributed by atoms with Crippen LogP contribution in [0.25, 0.3) is 5.76 Å². The molecule has 3 N–H and O–H groups in total. The number of hydrogen-bond donors (Lipinski definition) is 3. The van der Waals surface area contributed by atoms with E-state index in [4.69, 9.17) is 0 Å². The van der Waals surface area contributed by atoms with E-state index in [0.29, 0.717) is 6.42 Å². The van der Waals surface area contributed by atoms with Crippen LogP contribution >= 0.6 is 0 Å². The number of Topliss-reactive ketones (excluding diaryl/α,β-unsaturated/α-hetero) is 3. The average Bonchev–Trinajstić information content (AvgIpc) is 2.92. The van der Waals surface area contributed by atoms with Crippen LogP contribution in [0.3, 0.4) is 0 Å². The van der Waals surface area contributed by atoms with Gasteiger partial charge in [0, 0.05) is 5.56 Å². The first kappa shape index (κ1) is 34.8. The molecule has 0 heterocycles. The normalized spacial score (nSPS) is 25.8. The Morgan fingerprint density at radius 3 is 1.98 bits per heavy atom. The summed E-state index contributed by atoms with van der Waals surface area (Å²) in [6.45, 7) is 17.8. The highest BCUT2D eigenvalue weighted by Crippen LogP contribution is 2.65. The van der Waals surface area contributed by atoms with Crippen LogP contribution in [-0.4, -0.2) is 32.7 Å². The molecule has 0 spiro atoms. The number of carbonyl (C=O) groups excluding carboxylic acids is 3. The summed E-state index contributed by atoms with van der Waals surface area (Å²) < 4.78 is 0. The number of ketones is 3. The number of hydrogen-bond acceptors (Lipinski definition) is 6. The minimum absolute atomic E-state index is 0.0171. The molecule has 2 fully saturated rings. The molecule has 1 aromatic rings. The summed E-state index contributed by atoms with van der Waals surface area (Å²) in [4.78, 5) is 44.3. The Kier molecular flexibility index (Phi) is 10.4. The number of aliphatic hydroxyl groups excluding tert-OH is 1. The van der Waals surface area contributed by atoms with Crippen molar-refractivity contribution in [2.45, 2.75) is 101 Å². The SMILES string of the molecule is CC(C)=CCC/C(C)=C/C[C@@H]1C[C@@]2(CC=C(C)C)C(=O)C(=C(O)c3ccc(O)c(O)c3)C(=O)[C@](CC=C(C)C)(C2=O)C1(C)C. The molecular weight excluding hydrogens is 552 g/mol. The quantitative estimate of drug-likeness (QED) is 0.0616. The molecule has 0 amide bonds.